The van der Waals surface area contributed by atoms with Crippen molar-refractivity contribution in [3.63, 3.8) is 0 Å². The zero-order valence-electron chi connectivity index (χ0n) is 10.0. The Balaban J connectivity index is 1.80. The number of ether oxygens (including phenoxy) is 1. The monoisotopic (exact) mass is 251 g/mol. The first kappa shape index (κ1) is 12.3. The lowest BCUT2D eigenvalue weighted by Crippen LogP contribution is -2.07. The molecule has 5 heteroatoms. The Morgan fingerprint density at radius 3 is 3.12 bits per heavy atom. The van der Waals surface area contributed by atoms with Crippen molar-refractivity contribution in [3.05, 3.63) is 34.5 Å². The molecule has 0 radical (unpaired) electrons. The van der Waals surface area contributed by atoms with E-state index < -0.39 is 0 Å². The summed E-state index contributed by atoms with van der Waals surface area (Å²) in [4.78, 5) is 1.44. The molecule has 2 aromatic rings. The van der Waals surface area contributed by atoms with Gasteiger partial charge < -0.3 is 9.30 Å². The summed E-state index contributed by atoms with van der Waals surface area (Å²) in [6.45, 7) is 1.54. The molecule has 92 valence electrons. The number of hydrogen-bond donors (Lipinski definition) is 0. The third-order valence-electron chi connectivity index (χ3n) is 2.64. The Bertz CT molecular complexity index is 425. The summed E-state index contributed by atoms with van der Waals surface area (Å²) < 4.78 is 7.13. The number of thiophene rings is 1. The minimum Gasteiger partial charge on any atom is -0.383 e. The Morgan fingerprint density at radius 2 is 2.35 bits per heavy atom. The molecule has 0 aliphatic heterocycles. The van der Waals surface area contributed by atoms with E-state index in [4.69, 9.17) is 4.74 Å². The third kappa shape index (κ3) is 3.64. The average Bonchev–Trinajstić information content (AvgIpc) is 2.98. The number of methoxy groups -OCH3 is 1. The van der Waals surface area contributed by atoms with Gasteiger partial charge in [-0.05, 0) is 24.3 Å². The van der Waals surface area contributed by atoms with Gasteiger partial charge in [-0.2, -0.15) is 0 Å². The van der Waals surface area contributed by atoms with Gasteiger partial charge in [0, 0.05) is 25.0 Å². The molecule has 0 aliphatic carbocycles. The normalized spacial score (nSPS) is 10.9. The maximum atomic E-state index is 5.06. The van der Waals surface area contributed by atoms with Crippen LogP contribution >= 0.6 is 11.3 Å². The standard InChI is InChI=1S/C12H17N3OS/c1-16-8-7-15-10-13-14-12(15)6-2-4-11-5-3-9-17-11/h3,5,9-10H,2,4,6-8H2,1H3. The molecule has 2 heterocycles. The predicted molar refractivity (Wildman–Crippen MR) is 68.2 cm³/mol. The van der Waals surface area contributed by atoms with E-state index in [2.05, 4.69) is 32.3 Å². The number of hydrogen-bond acceptors (Lipinski definition) is 4. The summed E-state index contributed by atoms with van der Waals surface area (Å²) in [5.74, 6) is 1.05. The quantitative estimate of drug-likeness (QED) is 0.757. The van der Waals surface area contributed by atoms with Crippen LogP contribution in [0.25, 0.3) is 0 Å². The van der Waals surface area contributed by atoms with E-state index in [0.29, 0.717) is 6.61 Å². The van der Waals surface area contributed by atoms with Crippen molar-refractivity contribution in [3.8, 4) is 0 Å². The fourth-order valence-electron chi connectivity index (χ4n) is 1.72. The van der Waals surface area contributed by atoms with Gasteiger partial charge in [-0.15, -0.1) is 21.5 Å². The molecule has 0 aliphatic rings. The Morgan fingerprint density at radius 1 is 1.41 bits per heavy atom. The molecule has 4 nitrogen and oxygen atoms in total. The van der Waals surface area contributed by atoms with Crippen LogP contribution in [0.3, 0.4) is 0 Å². The molecule has 0 N–H and O–H groups in total. The van der Waals surface area contributed by atoms with Crippen LogP contribution in [0, 0.1) is 0 Å². The first-order chi connectivity index (χ1) is 8.40. The van der Waals surface area contributed by atoms with Gasteiger partial charge in [0.2, 0.25) is 0 Å². The molecular weight excluding hydrogens is 234 g/mol. The minimum absolute atomic E-state index is 0.704. The second kappa shape index (κ2) is 6.51. The number of aromatic nitrogens is 3. The first-order valence-corrected chi connectivity index (χ1v) is 6.66. The van der Waals surface area contributed by atoms with Crippen LogP contribution < -0.4 is 0 Å². The van der Waals surface area contributed by atoms with Gasteiger partial charge in [-0.25, -0.2) is 0 Å². The fourth-order valence-corrected chi connectivity index (χ4v) is 2.48. The Labute approximate surface area is 105 Å². The van der Waals surface area contributed by atoms with E-state index >= 15 is 0 Å². The molecule has 0 unspecified atom stereocenters. The molecule has 2 rings (SSSR count). The molecule has 0 saturated heterocycles. The van der Waals surface area contributed by atoms with E-state index in [0.717, 1.165) is 31.6 Å². The van der Waals surface area contributed by atoms with Gasteiger partial charge >= 0.3 is 0 Å². The number of rotatable bonds is 7. The fraction of sp³-hybridized carbons (Fsp3) is 0.500. The molecule has 2 aromatic heterocycles. The Kier molecular flexibility index (Phi) is 4.70. The van der Waals surface area contributed by atoms with Crippen LogP contribution in [0.15, 0.2) is 23.8 Å². The van der Waals surface area contributed by atoms with E-state index in [-0.39, 0.29) is 0 Å². The minimum atomic E-state index is 0.704. The van der Waals surface area contributed by atoms with Crippen molar-refractivity contribution < 1.29 is 4.74 Å². The zero-order valence-corrected chi connectivity index (χ0v) is 10.8. The molecule has 0 aromatic carbocycles. The lowest BCUT2D eigenvalue weighted by atomic mass is 10.2. The van der Waals surface area contributed by atoms with Crippen LogP contribution in [-0.2, 0) is 24.1 Å². The van der Waals surface area contributed by atoms with E-state index in [1.165, 1.54) is 4.88 Å². The highest BCUT2D eigenvalue weighted by atomic mass is 32.1. The summed E-state index contributed by atoms with van der Waals surface area (Å²) in [5, 5.41) is 10.2. The molecule has 0 saturated carbocycles. The number of nitrogens with zero attached hydrogens (tertiary/aromatic N) is 3. The lowest BCUT2D eigenvalue weighted by molar-refractivity contribution is 0.186. The van der Waals surface area contributed by atoms with Crippen LogP contribution in [0.2, 0.25) is 0 Å². The van der Waals surface area contributed by atoms with Crippen molar-refractivity contribution >= 4 is 11.3 Å². The number of aryl methyl sites for hydroxylation is 2. The van der Waals surface area contributed by atoms with Gasteiger partial charge in [0.1, 0.15) is 12.2 Å². The molecule has 17 heavy (non-hydrogen) atoms. The molecule has 0 fully saturated rings. The van der Waals surface area contributed by atoms with Crippen molar-refractivity contribution in [1.29, 1.82) is 0 Å². The van der Waals surface area contributed by atoms with Crippen LogP contribution in [0.1, 0.15) is 17.1 Å². The molecule has 0 amide bonds. The molecular formula is C12H17N3OS. The van der Waals surface area contributed by atoms with Gasteiger partial charge in [-0.1, -0.05) is 6.07 Å². The molecule has 0 atom stereocenters. The predicted octanol–water partition coefficient (Wildman–Crippen LogP) is 2.16. The topological polar surface area (TPSA) is 39.9 Å². The summed E-state index contributed by atoms with van der Waals surface area (Å²) in [6.07, 6.45) is 4.99. The molecule has 0 bridgehead atoms. The second-order valence-corrected chi connectivity index (χ2v) is 4.90. The van der Waals surface area contributed by atoms with Gasteiger partial charge in [-0.3, -0.25) is 0 Å². The maximum absolute atomic E-state index is 5.06. The maximum Gasteiger partial charge on any atom is 0.132 e. The van der Waals surface area contributed by atoms with Crippen molar-refractivity contribution in [2.24, 2.45) is 0 Å². The molecule has 0 spiro atoms. The van der Waals surface area contributed by atoms with Crippen molar-refractivity contribution in [1.82, 2.24) is 14.8 Å². The first-order valence-electron chi connectivity index (χ1n) is 5.78. The lowest BCUT2D eigenvalue weighted by Gasteiger charge is -2.05. The zero-order chi connectivity index (χ0) is 11.9. The van der Waals surface area contributed by atoms with Crippen LogP contribution in [0.4, 0.5) is 0 Å². The second-order valence-electron chi connectivity index (χ2n) is 3.87. The summed E-state index contributed by atoms with van der Waals surface area (Å²) in [7, 11) is 1.71. The van der Waals surface area contributed by atoms with Crippen molar-refractivity contribution in [2.45, 2.75) is 25.8 Å². The summed E-state index contributed by atoms with van der Waals surface area (Å²) in [5.41, 5.74) is 0. The highest BCUT2D eigenvalue weighted by Gasteiger charge is 2.04. The van der Waals surface area contributed by atoms with E-state index in [1.807, 2.05) is 11.3 Å². The van der Waals surface area contributed by atoms with E-state index in [9.17, 15) is 0 Å². The largest absolute Gasteiger partial charge is 0.383 e. The highest BCUT2D eigenvalue weighted by Crippen LogP contribution is 2.12. The average molecular weight is 251 g/mol. The third-order valence-corrected chi connectivity index (χ3v) is 3.57. The summed E-state index contributed by atoms with van der Waals surface area (Å²) >= 11 is 1.82. The smallest absolute Gasteiger partial charge is 0.132 e. The van der Waals surface area contributed by atoms with Gasteiger partial charge in [0.05, 0.1) is 6.61 Å². The summed E-state index contributed by atoms with van der Waals surface area (Å²) in [6, 6.07) is 4.28. The van der Waals surface area contributed by atoms with Crippen molar-refractivity contribution in [2.75, 3.05) is 13.7 Å². The van der Waals surface area contributed by atoms with Crippen LogP contribution in [0.5, 0.6) is 0 Å². The highest BCUT2D eigenvalue weighted by molar-refractivity contribution is 7.09. The van der Waals surface area contributed by atoms with E-state index in [1.54, 1.807) is 13.4 Å². The van der Waals surface area contributed by atoms with Gasteiger partial charge in [0.15, 0.2) is 0 Å². The van der Waals surface area contributed by atoms with Gasteiger partial charge in [0.25, 0.3) is 0 Å². The Hall–Kier alpha value is -1.20. The van der Waals surface area contributed by atoms with Crippen LogP contribution in [-0.4, -0.2) is 28.5 Å². The SMILES string of the molecule is COCCn1cnnc1CCCc1cccs1.